The number of aromatic hydroxyl groups is 2. The third-order valence-electron chi connectivity index (χ3n) is 11.6. The average Bonchev–Trinajstić information content (AvgIpc) is 3.58. The van der Waals surface area contributed by atoms with Crippen molar-refractivity contribution in [2.24, 2.45) is 22.7 Å². The van der Waals surface area contributed by atoms with Crippen LogP contribution >= 0.6 is 15.9 Å². The highest BCUT2D eigenvalue weighted by atomic mass is 79.9. The van der Waals surface area contributed by atoms with E-state index in [0.29, 0.717) is 16.9 Å². The molecular weight excluding hydrogens is 472 g/mol. The quantitative estimate of drug-likeness (QED) is 0.437. The molecule has 0 radical (unpaired) electrons. The molecule has 2 aromatic carbocycles. The summed E-state index contributed by atoms with van der Waals surface area (Å²) in [6.07, 6.45) is 7.29. The monoisotopic (exact) mass is 508 g/mol. The van der Waals surface area contributed by atoms with E-state index in [2.05, 4.69) is 69.6 Å². The molecule has 2 N–H and O–H groups in total. The molecule has 176 valence electrons. The predicted molar refractivity (Wildman–Crippen MR) is 138 cm³/mol. The zero-order valence-electron chi connectivity index (χ0n) is 20.9. The summed E-state index contributed by atoms with van der Waals surface area (Å²) in [6.45, 7) is 13.7. The van der Waals surface area contributed by atoms with Crippen molar-refractivity contribution >= 4 is 15.9 Å². The Morgan fingerprint density at radius 3 is 1.85 bits per heavy atom. The molecule has 3 heteroatoms. The topological polar surface area (TPSA) is 40.5 Å². The fourth-order valence-corrected chi connectivity index (χ4v) is 8.80. The Bertz CT molecular complexity index is 1210. The third kappa shape index (κ3) is 2.56. The molecule has 2 nitrogen and oxygen atoms in total. The number of halogens is 1. The summed E-state index contributed by atoms with van der Waals surface area (Å²) in [5, 5.41) is 23.0. The lowest BCUT2D eigenvalue weighted by atomic mass is 9.68. The van der Waals surface area contributed by atoms with Crippen LogP contribution < -0.4 is 0 Å². The Hall–Kier alpha value is -1.48. The van der Waals surface area contributed by atoms with Crippen LogP contribution in [0.4, 0.5) is 0 Å². The van der Waals surface area contributed by atoms with Crippen molar-refractivity contribution in [3.63, 3.8) is 0 Å². The first kappa shape index (κ1) is 22.0. The van der Waals surface area contributed by atoms with Crippen molar-refractivity contribution in [1.82, 2.24) is 0 Å². The molecule has 6 atom stereocenters. The van der Waals surface area contributed by atoms with Crippen LogP contribution in [0.5, 0.6) is 11.5 Å². The number of fused-ring (bicyclic) bond motifs is 2. The molecule has 0 spiro atoms. The van der Waals surface area contributed by atoms with Gasteiger partial charge in [0, 0.05) is 32.0 Å². The molecule has 4 aliphatic carbocycles. The smallest absolute Gasteiger partial charge is 0.127 e. The minimum atomic E-state index is -0.0191. The van der Waals surface area contributed by atoms with Gasteiger partial charge in [0.1, 0.15) is 11.5 Å². The molecule has 0 unspecified atom stereocenters. The second-order valence-corrected chi connectivity index (χ2v) is 13.7. The van der Waals surface area contributed by atoms with Gasteiger partial charge in [-0.1, -0.05) is 43.6 Å². The van der Waals surface area contributed by atoms with Gasteiger partial charge in [-0.2, -0.15) is 0 Å². The zero-order chi connectivity index (χ0) is 23.7. The SMILES string of the molecule is Cc1cc(O)c([C@]2(C)CC[C@@H]3C[C@@]32C)cc1-c1c(C)c(Br)cc([C@]2(C)CC[C@@H]3C[C@@]32C)c1O. The summed E-state index contributed by atoms with van der Waals surface area (Å²) in [6, 6.07) is 6.34. The fourth-order valence-electron chi connectivity index (χ4n) is 8.37. The minimum absolute atomic E-state index is 0.00742. The van der Waals surface area contributed by atoms with Crippen molar-refractivity contribution < 1.29 is 10.2 Å². The maximum Gasteiger partial charge on any atom is 0.127 e. The highest BCUT2D eigenvalue weighted by Gasteiger charge is 2.67. The first-order chi connectivity index (χ1) is 15.4. The van der Waals surface area contributed by atoms with Gasteiger partial charge in [0.05, 0.1) is 0 Å². The van der Waals surface area contributed by atoms with Crippen LogP contribution in [-0.4, -0.2) is 10.2 Å². The molecule has 0 aliphatic heterocycles. The van der Waals surface area contributed by atoms with Gasteiger partial charge in [0.15, 0.2) is 0 Å². The number of benzene rings is 2. The Balaban J connectivity index is 1.56. The summed E-state index contributed by atoms with van der Waals surface area (Å²) in [7, 11) is 0. The Morgan fingerprint density at radius 2 is 1.36 bits per heavy atom. The molecule has 0 saturated heterocycles. The van der Waals surface area contributed by atoms with Gasteiger partial charge in [-0.3, -0.25) is 0 Å². The van der Waals surface area contributed by atoms with E-state index >= 15 is 0 Å². The van der Waals surface area contributed by atoms with Gasteiger partial charge in [-0.15, -0.1) is 0 Å². The van der Waals surface area contributed by atoms with E-state index in [-0.39, 0.29) is 16.2 Å². The van der Waals surface area contributed by atoms with Crippen LogP contribution in [0.15, 0.2) is 22.7 Å². The number of hydrogen-bond donors (Lipinski definition) is 2. The summed E-state index contributed by atoms with van der Waals surface area (Å²) >= 11 is 3.85. The summed E-state index contributed by atoms with van der Waals surface area (Å²) in [4.78, 5) is 0. The summed E-state index contributed by atoms with van der Waals surface area (Å²) in [5.74, 6) is 2.44. The van der Waals surface area contributed by atoms with E-state index < -0.39 is 0 Å². The van der Waals surface area contributed by atoms with Crippen molar-refractivity contribution in [3.05, 3.63) is 44.9 Å². The van der Waals surface area contributed by atoms with E-state index in [0.717, 1.165) is 62.5 Å². The maximum absolute atomic E-state index is 11.9. The van der Waals surface area contributed by atoms with Crippen molar-refractivity contribution in [2.45, 2.75) is 90.9 Å². The lowest BCUT2D eigenvalue weighted by molar-refractivity contribution is 0.298. The molecule has 4 fully saturated rings. The van der Waals surface area contributed by atoms with Crippen LogP contribution in [0, 0.1) is 36.5 Å². The molecule has 4 aliphatic rings. The average molecular weight is 510 g/mol. The molecule has 33 heavy (non-hydrogen) atoms. The van der Waals surface area contributed by atoms with Crippen molar-refractivity contribution in [1.29, 1.82) is 0 Å². The normalized spacial score (nSPS) is 40.6. The van der Waals surface area contributed by atoms with Gasteiger partial charge in [-0.05, 0) is 110 Å². The van der Waals surface area contributed by atoms with E-state index in [9.17, 15) is 10.2 Å². The number of hydrogen-bond acceptors (Lipinski definition) is 2. The van der Waals surface area contributed by atoms with Gasteiger partial charge in [-0.25, -0.2) is 0 Å². The lowest BCUT2D eigenvalue weighted by Gasteiger charge is -2.36. The fraction of sp³-hybridized carbons (Fsp3) is 0.600. The summed E-state index contributed by atoms with van der Waals surface area (Å²) < 4.78 is 1.06. The number of aryl methyl sites for hydroxylation is 1. The standard InChI is InChI=1S/C30H37BrO2/c1-16-11-24(32)21(27(3)9-7-18-14-29(18,27)5)12-20(16)25-17(2)23(31)13-22(26(25)33)28(4)10-8-19-15-30(19,28)6/h11-13,18-19,32-33H,7-10,14-15H2,1-6H3/t18-,19-,27+,28+,29+,30+/m1/s1. The molecule has 0 amide bonds. The predicted octanol–water partition coefficient (Wildman–Crippen LogP) is 8.30. The molecule has 0 bridgehead atoms. The molecule has 0 heterocycles. The number of rotatable bonds is 3. The first-order valence-corrected chi connectivity index (χ1v) is 13.5. The highest BCUT2D eigenvalue weighted by Crippen LogP contribution is 2.74. The van der Waals surface area contributed by atoms with Crippen LogP contribution in [0.3, 0.4) is 0 Å². The van der Waals surface area contributed by atoms with Crippen LogP contribution in [0.1, 0.15) is 88.5 Å². The second-order valence-electron chi connectivity index (χ2n) is 12.8. The van der Waals surface area contributed by atoms with Gasteiger partial charge >= 0.3 is 0 Å². The number of phenolic OH excluding ortho intramolecular Hbond substituents is 2. The van der Waals surface area contributed by atoms with E-state index in [4.69, 9.17) is 0 Å². The van der Waals surface area contributed by atoms with E-state index in [1.165, 1.54) is 25.7 Å². The lowest BCUT2D eigenvalue weighted by Crippen LogP contribution is -2.29. The van der Waals surface area contributed by atoms with Gasteiger partial charge in [0.25, 0.3) is 0 Å². The zero-order valence-corrected chi connectivity index (χ0v) is 22.5. The highest BCUT2D eigenvalue weighted by molar-refractivity contribution is 9.10. The van der Waals surface area contributed by atoms with Crippen LogP contribution in [0.25, 0.3) is 11.1 Å². The molecule has 2 aromatic rings. The van der Waals surface area contributed by atoms with Gasteiger partial charge < -0.3 is 10.2 Å². The first-order valence-electron chi connectivity index (χ1n) is 12.7. The van der Waals surface area contributed by atoms with E-state index in [1.54, 1.807) is 0 Å². The van der Waals surface area contributed by atoms with Crippen LogP contribution in [-0.2, 0) is 10.8 Å². The van der Waals surface area contributed by atoms with Gasteiger partial charge in [0.2, 0.25) is 0 Å². The summed E-state index contributed by atoms with van der Waals surface area (Å²) in [5.41, 5.74) is 6.79. The molecule has 6 rings (SSSR count). The van der Waals surface area contributed by atoms with Crippen LogP contribution in [0.2, 0.25) is 0 Å². The molecule has 4 saturated carbocycles. The number of phenols is 2. The molecular formula is C30H37BrO2. The third-order valence-corrected chi connectivity index (χ3v) is 12.5. The van der Waals surface area contributed by atoms with Crippen molar-refractivity contribution in [3.8, 4) is 22.6 Å². The Labute approximate surface area is 206 Å². The largest absolute Gasteiger partial charge is 0.508 e. The second kappa shape index (κ2) is 6.39. The maximum atomic E-state index is 11.9. The minimum Gasteiger partial charge on any atom is -0.508 e. The Morgan fingerprint density at radius 1 is 0.818 bits per heavy atom. The van der Waals surface area contributed by atoms with Crippen molar-refractivity contribution in [2.75, 3.05) is 0 Å². The molecule has 0 aromatic heterocycles. The van der Waals surface area contributed by atoms with E-state index in [1.807, 2.05) is 6.07 Å². The Kier molecular flexibility index (Phi) is 4.26.